The Hall–Kier alpha value is -3.16. The van der Waals surface area contributed by atoms with Crippen LogP contribution in [0.2, 0.25) is 0 Å². The molecule has 8 heteroatoms. The molecule has 0 saturated carbocycles. The number of methoxy groups -OCH3 is 1. The number of nitrogens with zero attached hydrogens (tertiary/aromatic N) is 4. The molecule has 0 aliphatic carbocycles. The molecule has 1 aromatic carbocycles. The fourth-order valence-electron chi connectivity index (χ4n) is 2.71. The topological polar surface area (TPSA) is 95.1 Å². The van der Waals surface area contributed by atoms with Gasteiger partial charge in [-0.1, -0.05) is 12.1 Å². The van der Waals surface area contributed by atoms with Crippen LogP contribution in [0.4, 0.5) is 0 Å². The van der Waals surface area contributed by atoms with Gasteiger partial charge >= 0.3 is 0 Å². The first-order valence-corrected chi connectivity index (χ1v) is 8.86. The molecule has 0 radical (unpaired) electrons. The van der Waals surface area contributed by atoms with E-state index >= 15 is 0 Å². The number of hydrogen-bond acceptors (Lipinski definition) is 6. The van der Waals surface area contributed by atoms with Crippen molar-refractivity contribution in [2.45, 2.75) is 39.8 Å². The highest BCUT2D eigenvalue weighted by Gasteiger charge is 2.15. The molecule has 0 saturated heterocycles. The third-order valence-corrected chi connectivity index (χ3v) is 4.08. The number of nitrogens with one attached hydrogen (secondary N) is 1. The van der Waals surface area contributed by atoms with Crippen LogP contribution in [0, 0.1) is 6.92 Å². The van der Waals surface area contributed by atoms with Gasteiger partial charge in [0.1, 0.15) is 11.4 Å². The highest BCUT2D eigenvalue weighted by atomic mass is 16.5. The largest absolute Gasteiger partial charge is 0.497 e. The van der Waals surface area contributed by atoms with Crippen LogP contribution in [-0.2, 0) is 24.3 Å². The summed E-state index contributed by atoms with van der Waals surface area (Å²) in [5, 5.41) is 15.4. The van der Waals surface area contributed by atoms with E-state index in [1.807, 2.05) is 48.9 Å². The molecular formula is C19H23N5O3. The number of benzene rings is 1. The van der Waals surface area contributed by atoms with Crippen LogP contribution in [0.3, 0.4) is 0 Å². The van der Waals surface area contributed by atoms with Crippen molar-refractivity contribution in [3.05, 3.63) is 47.5 Å². The van der Waals surface area contributed by atoms with E-state index in [1.54, 1.807) is 7.11 Å². The predicted octanol–water partition coefficient (Wildman–Crippen LogP) is 2.52. The monoisotopic (exact) mass is 369 g/mol. The fraction of sp³-hybridized carbons (Fsp3) is 0.368. The second-order valence-corrected chi connectivity index (χ2v) is 6.12. The van der Waals surface area contributed by atoms with Crippen LogP contribution in [0.5, 0.6) is 5.75 Å². The summed E-state index contributed by atoms with van der Waals surface area (Å²) in [6, 6.07) is 9.49. The number of hydrogen-bond donors (Lipinski definition) is 1. The van der Waals surface area contributed by atoms with E-state index in [0.29, 0.717) is 31.3 Å². The number of amides is 1. The second kappa shape index (κ2) is 8.48. The molecule has 27 heavy (non-hydrogen) atoms. The van der Waals surface area contributed by atoms with Crippen molar-refractivity contribution in [1.82, 2.24) is 25.3 Å². The smallest absolute Gasteiger partial charge is 0.265 e. The number of rotatable bonds is 8. The third kappa shape index (κ3) is 4.72. The summed E-state index contributed by atoms with van der Waals surface area (Å²) in [5.74, 6) is 1.54. The lowest BCUT2D eigenvalue weighted by Crippen LogP contribution is -2.23. The van der Waals surface area contributed by atoms with Crippen LogP contribution >= 0.6 is 0 Å². The van der Waals surface area contributed by atoms with Gasteiger partial charge in [-0.25, -0.2) is 0 Å². The van der Waals surface area contributed by atoms with Crippen molar-refractivity contribution in [2.75, 3.05) is 7.11 Å². The molecule has 0 aliphatic heterocycles. The molecule has 142 valence electrons. The minimum atomic E-state index is -0.0768. The predicted molar refractivity (Wildman–Crippen MR) is 99.1 cm³/mol. The van der Waals surface area contributed by atoms with Crippen LogP contribution < -0.4 is 10.1 Å². The number of aromatic nitrogens is 4. The van der Waals surface area contributed by atoms with E-state index in [-0.39, 0.29) is 12.3 Å². The van der Waals surface area contributed by atoms with Crippen LogP contribution in [0.1, 0.15) is 30.5 Å². The quantitative estimate of drug-likeness (QED) is 0.655. The van der Waals surface area contributed by atoms with Crippen molar-refractivity contribution in [1.29, 1.82) is 0 Å². The van der Waals surface area contributed by atoms with Crippen molar-refractivity contribution in [3.63, 3.8) is 0 Å². The average Bonchev–Trinajstić information content (AvgIpc) is 3.30. The van der Waals surface area contributed by atoms with E-state index in [4.69, 9.17) is 9.15 Å². The van der Waals surface area contributed by atoms with Gasteiger partial charge in [-0.3, -0.25) is 9.48 Å². The molecule has 1 amide bonds. The summed E-state index contributed by atoms with van der Waals surface area (Å²) in [6.45, 7) is 5.08. The van der Waals surface area contributed by atoms with E-state index in [2.05, 4.69) is 20.6 Å². The number of carbonyl (C=O) groups excluding carboxylic acids is 1. The number of carbonyl (C=O) groups is 1. The summed E-state index contributed by atoms with van der Waals surface area (Å²) in [4.78, 5) is 12.1. The Morgan fingerprint density at radius 3 is 2.93 bits per heavy atom. The summed E-state index contributed by atoms with van der Waals surface area (Å²) in [6.07, 6.45) is 0.661. The highest BCUT2D eigenvalue weighted by Crippen LogP contribution is 2.19. The SMILES string of the molecule is CCn1nc(C)cc1-c1nnc(CCC(=O)NCc2cccc(OC)c2)o1. The van der Waals surface area contributed by atoms with Gasteiger partial charge in [0.15, 0.2) is 0 Å². The molecule has 2 aromatic heterocycles. The summed E-state index contributed by atoms with van der Waals surface area (Å²) in [7, 11) is 1.62. The summed E-state index contributed by atoms with van der Waals surface area (Å²) >= 11 is 0. The lowest BCUT2D eigenvalue weighted by Gasteiger charge is -2.06. The van der Waals surface area contributed by atoms with Crippen LogP contribution in [0.15, 0.2) is 34.7 Å². The van der Waals surface area contributed by atoms with Crippen LogP contribution in [0.25, 0.3) is 11.6 Å². The maximum atomic E-state index is 12.1. The van der Waals surface area contributed by atoms with E-state index in [1.165, 1.54) is 0 Å². The normalized spacial score (nSPS) is 10.8. The molecule has 1 N–H and O–H groups in total. The average molecular weight is 369 g/mol. The zero-order valence-electron chi connectivity index (χ0n) is 15.7. The minimum Gasteiger partial charge on any atom is -0.497 e. The van der Waals surface area contributed by atoms with Crippen molar-refractivity contribution < 1.29 is 13.9 Å². The molecule has 3 rings (SSSR count). The summed E-state index contributed by atoms with van der Waals surface area (Å²) < 4.78 is 12.7. The first kappa shape index (κ1) is 18.6. The van der Waals surface area contributed by atoms with Gasteiger partial charge in [0.2, 0.25) is 11.8 Å². The van der Waals surface area contributed by atoms with Gasteiger partial charge in [0.05, 0.1) is 12.8 Å². The molecule has 2 heterocycles. The second-order valence-electron chi connectivity index (χ2n) is 6.12. The molecule has 0 aliphatic rings. The Morgan fingerprint density at radius 2 is 2.15 bits per heavy atom. The van der Waals surface area contributed by atoms with E-state index < -0.39 is 0 Å². The number of aryl methyl sites for hydroxylation is 3. The third-order valence-electron chi connectivity index (χ3n) is 4.08. The summed E-state index contributed by atoms with van der Waals surface area (Å²) in [5.41, 5.74) is 2.66. The Morgan fingerprint density at radius 1 is 1.30 bits per heavy atom. The molecule has 0 fully saturated rings. The van der Waals surface area contributed by atoms with Gasteiger partial charge in [-0.05, 0) is 37.6 Å². The van der Waals surface area contributed by atoms with E-state index in [0.717, 1.165) is 22.7 Å². The minimum absolute atomic E-state index is 0.0768. The van der Waals surface area contributed by atoms with Gasteiger partial charge in [-0.15, -0.1) is 10.2 Å². The molecule has 8 nitrogen and oxygen atoms in total. The molecule has 0 spiro atoms. The standard InChI is InChI=1S/C19H23N5O3/c1-4-24-16(10-13(2)23-24)19-22-21-18(27-19)9-8-17(25)20-12-14-6-5-7-15(11-14)26-3/h5-7,10-11H,4,8-9,12H2,1-3H3,(H,20,25). The highest BCUT2D eigenvalue weighted by molar-refractivity contribution is 5.76. The van der Waals surface area contributed by atoms with Gasteiger partial charge < -0.3 is 14.5 Å². The zero-order valence-corrected chi connectivity index (χ0v) is 15.7. The molecule has 3 aromatic rings. The van der Waals surface area contributed by atoms with Crippen molar-refractivity contribution in [2.24, 2.45) is 0 Å². The first-order valence-electron chi connectivity index (χ1n) is 8.86. The van der Waals surface area contributed by atoms with Crippen molar-refractivity contribution >= 4 is 5.91 Å². The zero-order chi connectivity index (χ0) is 19.2. The lowest BCUT2D eigenvalue weighted by atomic mass is 10.2. The first-order chi connectivity index (χ1) is 13.1. The van der Waals surface area contributed by atoms with Gasteiger partial charge in [0.25, 0.3) is 5.89 Å². The van der Waals surface area contributed by atoms with Gasteiger partial charge in [-0.2, -0.15) is 5.10 Å². The van der Waals surface area contributed by atoms with Crippen LogP contribution in [-0.4, -0.2) is 33.0 Å². The Balaban J connectivity index is 1.52. The van der Waals surface area contributed by atoms with Gasteiger partial charge in [0, 0.05) is 25.9 Å². The molecule has 0 unspecified atom stereocenters. The van der Waals surface area contributed by atoms with Crippen molar-refractivity contribution in [3.8, 4) is 17.3 Å². The Kier molecular flexibility index (Phi) is 5.85. The molecule has 0 bridgehead atoms. The maximum absolute atomic E-state index is 12.1. The van der Waals surface area contributed by atoms with E-state index in [9.17, 15) is 4.79 Å². The lowest BCUT2D eigenvalue weighted by molar-refractivity contribution is -0.121. The Bertz CT molecular complexity index is 916. The molecular weight excluding hydrogens is 346 g/mol. The Labute approximate surface area is 157 Å². The number of ether oxygens (including phenoxy) is 1. The molecule has 0 atom stereocenters. The fourth-order valence-corrected chi connectivity index (χ4v) is 2.71. The maximum Gasteiger partial charge on any atom is 0.265 e.